The van der Waals surface area contributed by atoms with Crippen LogP contribution in [0, 0.1) is 17.6 Å². The summed E-state index contributed by atoms with van der Waals surface area (Å²) in [7, 11) is 0. The average molecular weight is 241 g/mol. The summed E-state index contributed by atoms with van der Waals surface area (Å²) in [5.74, 6) is -2.66. The summed E-state index contributed by atoms with van der Waals surface area (Å²) < 4.78 is 25.7. The molecule has 0 saturated heterocycles. The molecular formula is C12H13F2NO2. The molecule has 1 aromatic carbocycles. The van der Waals surface area contributed by atoms with Gasteiger partial charge in [0.05, 0.1) is 6.54 Å². The fourth-order valence-electron chi connectivity index (χ4n) is 1.16. The second-order valence-corrected chi connectivity index (χ2v) is 3.96. The standard InChI is InChI=1S/C12H13F2NO2/c1-7(2)11(16)6-15-12(17)8-3-9(13)5-10(14)4-8/h3-5,7H,6H2,1-2H3,(H,15,17). The molecule has 3 nitrogen and oxygen atoms in total. The van der Waals surface area contributed by atoms with Crippen molar-refractivity contribution in [3.63, 3.8) is 0 Å². The van der Waals surface area contributed by atoms with Crippen LogP contribution < -0.4 is 5.32 Å². The Morgan fingerprint density at radius 1 is 1.18 bits per heavy atom. The highest BCUT2D eigenvalue weighted by Gasteiger charge is 2.12. The van der Waals surface area contributed by atoms with Crippen LogP contribution in [0.25, 0.3) is 0 Å². The monoisotopic (exact) mass is 241 g/mol. The normalized spacial score (nSPS) is 10.4. The van der Waals surface area contributed by atoms with Gasteiger partial charge in [-0.05, 0) is 12.1 Å². The van der Waals surface area contributed by atoms with E-state index in [1.807, 2.05) is 0 Å². The van der Waals surface area contributed by atoms with E-state index in [9.17, 15) is 18.4 Å². The first kappa shape index (κ1) is 13.3. The number of hydrogen-bond donors (Lipinski definition) is 1. The van der Waals surface area contributed by atoms with Gasteiger partial charge in [0.2, 0.25) is 0 Å². The molecule has 1 aromatic rings. The Balaban J connectivity index is 2.67. The lowest BCUT2D eigenvalue weighted by Crippen LogP contribution is -2.31. The highest BCUT2D eigenvalue weighted by molar-refractivity contribution is 5.96. The van der Waals surface area contributed by atoms with E-state index in [-0.39, 0.29) is 23.8 Å². The first-order valence-corrected chi connectivity index (χ1v) is 5.17. The number of hydrogen-bond acceptors (Lipinski definition) is 2. The van der Waals surface area contributed by atoms with Gasteiger partial charge in [-0.1, -0.05) is 13.8 Å². The number of benzene rings is 1. The molecule has 0 radical (unpaired) electrons. The summed E-state index contributed by atoms with van der Waals surface area (Å²) >= 11 is 0. The Morgan fingerprint density at radius 3 is 2.18 bits per heavy atom. The molecule has 0 bridgehead atoms. The van der Waals surface area contributed by atoms with Gasteiger partial charge in [0.1, 0.15) is 11.6 Å². The van der Waals surface area contributed by atoms with Crippen LogP contribution in [0.4, 0.5) is 8.78 Å². The molecular weight excluding hydrogens is 228 g/mol. The van der Waals surface area contributed by atoms with E-state index in [0.717, 1.165) is 12.1 Å². The first-order valence-electron chi connectivity index (χ1n) is 5.17. The van der Waals surface area contributed by atoms with Crippen LogP contribution in [0.2, 0.25) is 0 Å². The molecule has 0 unspecified atom stereocenters. The van der Waals surface area contributed by atoms with Crippen molar-refractivity contribution >= 4 is 11.7 Å². The van der Waals surface area contributed by atoms with Crippen LogP contribution in [0.1, 0.15) is 24.2 Å². The fourth-order valence-corrected chi connectivity index (χ4v) is 1.16. The summed E-state index contributed by atoms with van der Waals surface area (Å²) in [6, 6.07) is 2.51. The van der Waals surface area contributed by atoms with Gasteiger partial charge >= 0.3 is 0 Å². The number of Topliss-reactive ketones (excluding diaryl/α,β-unsaturated/α-hetero) is 1. The van der Waals surface area contributed by atoms with Gasteiger partial charge in [-0.15, -0.1) is 0 Å². The summed E-state index contributed by atoms with van der Waals surface area (Å²) in [6.45, 7) is 3.27. The number of halogens is 2. The molecule has 0 aliphatic heterocycles. The lowest BCUT2D eigenvalue weighted by molar-refractivity contribution is -0.120. The highest BCUT2D eigenvalue weighted by Crippen LogP contribution is 2.07. The van der Waals surface area contributed by atoms with Gasteiger partial charge in [0.25, 0.3) is 5.91 Å². The van der Waals surface area contributed by atoms with E-state index in [0.29, 0.717) is 6.07 Å². The molecule has 0 heterocycles. The van der Waals surface area contributed by atoms with Gasteiger partial charge in [-0.2, -0.15) is 0 Å². The number of carbonyl (C=O) groups is 2. The smallest absolute Gasteiger partial charge is 0.251 e. The maximum absolute atomic E-state index is 12.8. The Bertz CT molecular complexity index is 424. The second-order valence-electron chi connectivity index (χ2n) is 3.96. The lowest BCUT2D eigenvalue weighted by Gasteiger charge is -2.06. The SMILES string of the molecule is CC(C)C(=O)CNC(=O)c1cc(F)cc(F)c1. The van der Waals surface area contributed by atoms with Gasteiger partial charge in [0, 0.05) is 17.5 Å². The van der Waals surface area contributed by atoms with E-state index in [2.05, 4.69) is 5.32 Å². The van der Waals surface area contributed by atoms with Crippen molar-refractivity contribution in [1.82, 2.24) is 5.32 Å². The van der Waals surface area contributed by atoms with Crippen LogP contribution in [-0.4, -0.2) is 18.2 Å². The largest absolute Gasteiger partial charge is 0.345 e. The number of carbonyl (C=O) groups excluding carboxylic acids is 2. The maximum Gasteiger partial charge on any atom is 0.251 e. The van der Waals surface area contributed by atoms with Crippen molar-refractivity contribution in [2.75, 3.05) is 6.54 Å². The highest BCUT2D eigenvalue weighted by atomic mass is 19.1. The van der Waals surface area contributed by atoms with Crippen molar-refractivity contribution in [2.45, 2.75) is 13.8 Å². The van der Waals surface area contributed by atoms with E-state index in [1.165, 1.54) is 0 Å². The minimum Gasteiger partial charge on any atom is -0.345 e. The van der Waals surface area contributed by atoms with Crippen LogP contribution in [-0.2, 0) is 4.79 Å². The molecule has 0 aliphatic carbocycles. The summed E-state index contributed by atoms with van der Waals surface area (Å²) in [5, 5.41) is 2.31. The zero-order valence-corrected chi connectivity index (χ0v) is 9.59. The molecule has 1 amide bonds. The molecule has 0 saturated carbocycles. The number of amides is 1. The molecule has 1 rings (SSSR count). The molecule has 0 fully saturated rings. The predicted octanol–water partition coefficient (Wildman–Crippen LogP) is 1.92. The zero-order chi connectivity index (χ0) is 13.0. The molecule has 17 heavy (non-hydrogen) atoms. The van der Waals surface area contributed by atoms with Crippen molar-refractivity contribution in [2.24, 2.45) is 5.92 Å². The topological polar surface area (TPSA) is 46.2 Å². The second kappa shape index (κ2) is 5.52. The van der Waals surface area contributed by atoms with Crippen molar-refractivity contribution in [3.8, 4) is 0 Å². The third-order valence-electron chi connectivity index (χ3n) is 2.19. The summed E-state index contributed by atoms with van der Waals surface area (Å²) in [4.78, 5) is 22.7. The fraction of sp³-hybridized carbons (Fsp3) is 0.333. The van der Waals surface area contributed by atoms with Gasteiger partial charge in [-0.25, -0.2) is 8.78 Å². The van der Waals surface area contributed by atoms with E-state index < -0.39 is 17.5 Å². The van der Waals surface area contributed by atoms with E-state index in [4.69, 9.17) is 0 Å². The third kappa shape index (κ3) is 3.94. The Morgan fingerprint density at radius 2 is 1.71 bits per heavy atom. The molecule has 1 N–H and O–H groups in total. The Labute approximate surface area is 97.8 Å². The van der Waals surface area contributed by atoms with Gasteiger partial charge in [-0.3, -0.25) is 9.59 Å². The van der Waals surface area contributed by atoms with Gasteiger partial charge in [0.15, 0.2) is 5.78 Å². The number of ketones is 1. The average Bonchev–Trinajstić information content (AvgIpc) is 2.23. The summed E-state index contributed by atoms with van der Waals surface area (Å²) in [6.07, 6.45) is 0. The maximum atomic E-state index is 12.8. The minimum absolute atomic E-state index is 0.140. The van der Waals surface area contributed by atoms with Crippen molar-refractivity contribution in [1.29, 1.82) is 0 Å². The molecule has 0 spiro atoms. The molecule has 5 heteroatoms. The lowest BCUT2D eigenvalue weighted by atomic mass is 10.1. The quantitative estimate of drug-likeness (QED) is 0.875. The first-order chi connectivity index (χ1) is 7.90. The van der Waals surface area contributed by atoms with E-state index in [1.54, 1.807) is 13.8 Å². The van der Waals surface area contributed by atoms with Crippen molar-refractivity contribution < 1.29 is 18.4 Å². The Hall–Kier alpha value is -1.78. The number of rotatable bonds is 4. The third-order valence-corrected chi connectivity index (χ3v) is 2.19. The van der Waals surface area contributed by atoms with Crippen molar-refractivity contribution in [3.05, 3.63) is 35.4 Å². The van der Waals surface area contributed by atoms with Crippen LogP contribution in [0.5, 0.6) is 0 Å². The molecule has 92 valence electrons. The van der Waals surface area contributed by atoms with Gasteiger partial charge < -0.3 is 5.32 Å². The van der Waals surface area contributed by atoms with Crippen LogP contribution in [0.15, 0.2) is 18.2 Å². The van der Waals surface area contributed by atoms with Crippen LogP contribution in [0.3, 0.4) is 0 Å². The summed E-state index contributed by atoms with van der Waals surface area (Å²) in [5.41, 5.74) is -0.140. The molecule has 0 atom stereocenters. The zero-order valence-electron chi connectivity index (χ0n) is 9.59. The van der Waals surface area contributed by atoms with E-state index >= 15 is 0 Å². The Kier molecular flexibility index (Phi) is 4.31. The predicted molar refractivity (Wildman–Crippen MR) is 58.5 cm³/mol. The number of nitrogens with one attached hydrogen (secondary N) is 1. The molecule has 0 aromatic heterocycles. The minimum atomic E-state index is -0.828. The molecule has 0 aliphatic rings. The van der Waals surface area contributed by atoms with Crippen LogP contribution >= 0.6 is 0 Å².